The zero-order valence-corrected chi connectivity index (χ0v) is 9.89. The van der Waals surface area contributed by atoms with Crippen molar-refractivity contribution in [3.05, 3.63) is 29.8 Å². The van der Waals surface area contributed by atoms with E-state index in [0.29, 0.717) is 11.7 Å². The van der Waals surface area contributed by atoms with Crippen molar-refractivity contribution >= 4 is 5.69 Å². The number of nitrogens with one attached hydrogen (secondary N) is 1. The van der Waals surface area contributed by atoms with E-state index in [1.165, 1.54) is 12.1 Å². The fourth-order valence-electron chi connectivity index (χ4n) is 1.86. The Morgan fingerprint density at radius 3 is 1.94 bits per heavy atom. The van der Waals surface area contributed by atoms with Gasteiger partial charge in [-0.25, -0.2) is 8.78 Å². The maximum Gasteiger partial charge on any atom is 0.128 e. The molecular formula is C13H19F2N. The van der Waals surface area contributed by atoms with Gasteiger partial charge in [-0.3, -0.25) is 0 Å². The van der Waals surface area contributed by atoms with E-state index in [9.17, 15) is 8.78 Å². The van der Waals surface area contributed by atoms with Crippen molar-refractivity contribution in [2.24, 2.45) is 0 Å². The highest BCUT2D eigenvalue weighted by molar-refractivity contribution is 5.44. The first-order valence-electron chi connectivity index (χ1n) is 5.88. The van der Waals surface area contributed by atoms with Gasteiger partial charge in [-0.2, -0.15) is 0 Å². The first-order chi connectivity index (χ1) is 7.65. The molecule has 0 heterocycles. The van der Waals surface area contributed by atoms with Crippen LogP contribution < -0.4 is 5.32 Å². The van der Waals surface area contributed by atoms with Crippen molar-refractivity contribution in [2.75, 3.05) is 5.32 Å². The van der Waals surface area contributed by atoms with Crippen molar-refractivity contribution in [1.82, 2.24) is 0 Å². The second-order valence-electron chi connectivity index (χ2n) is 4.08. The second kappa shape index (κ2) is 6.46. The Morgan fingerprint density at radius 1 is 1.00 bits per heavy atom. The number of rotatable bonds is 6. The van der Waals surface area contributed by atoms with Crippen LogP contribution in [-0.2, 0) is 0 Å². The average molecular weight is 227 g/mol. The normalized spacial score (nSPS) is 10.8. The first kappa shape index (κ1) is 12.9. The molecule has 0 fully saturated rings. The second-order valence-corrected chi connectivity index (χ2v) is 4.08. The fraction of sp³-hybridized carbons (Fsp3) is 0.538. The van der Waals surface area contributed by atoms with Crippen LogP contribution in [0.3, 0.4) is 0 Å². The van der Waals surface area contributed by atoms with Gasteiger partial charge in [-0.05, 0) is 25.0 Å². The van der Waals surface area contributed by atoms with Gasteiger partial charge in [0.1, 0.15) is 11.6 Å². The highest BCUT2D eigenvalue weighted by Crippen LogP contribution is 2.17. The molecule has 0 aromatic heterocycles. The zero-order chi connectivity index (χ0) is 12.0. The molecule has 0 atom stereocenters. The van der Waals surface area contributed by atoms with E-state index >= 15 is 0 Å². The van der Waals surface area contributed by atoms with Gasteiger partial charge in [0.15, 0.2) is 0 Å². The average Bonchev–Trinajstić information content (AvgIpc) is 2.16. The Hall–Kier alpha value is -1.12. The number of hydrogen-bond acceptors (Lipinski definition) is 1. The molecule has 1 aromatic carbocycles. The molecule has 3 heteroatoms. The molecule has 0 aliphatic carbocycles. The maximum absolute atomic E-state index is 13.0. The van der Waals surface area contributed by atoms with Crippen molar-refractivity contribution in [2.45, 2.75) is 45.6 Å². The van der Waals surface area contributed by atoms with Gasteiger partial charge in [-0.1, -0.05) is 26.7 Å². The molecule has 0 radical (unpaired) electrons. The Bertz CT molecular complexity index is 299. The van der Waals surface area contributed by atoms with E-state index in [-0.39, 0.29) is 0 Å². The third kappa shape index (κ3) is 4.17. The first-order valence-corrected chi connectivity index (χ1v) is 5.88. The van der Waals surface area contributed by atoms with Crippen molar-refractivity contribution in [1.29, 1.82) is 0 Å². The van der Waals surface area contributed by atoms with Crippen molar-refractivity contribution in [3.63, 3.8) is 0 Å². The maximum atomic E-state index is 13.0. The molecule has 0 saturated carbocycles. The van der Waals surface area contributed by atoms with Crippen LogP contribution in [0.2, 0.25) is 0 Å². The third-order valence-electron chi connectivity index (χ3n) is 2.51. The van der Waals surface area contributed by atoms with Gasteiger partial charge in [0, 0.05) is 17.8 Å². The van der Waals surface area contributed by atoms with Crippen LogP contribution in [0.4, 0.5) is 14.5 Å². The molecule has 16 heavy (non-hydrogen) atoms. The van der Waals surface area contributed by atoms with Crippen molar-refractivity contribution < 1.29 is 8.78 Å². The SMILES string of the molecule is CCCC(CCC)Nc1cc(F)cc(F)c1. The summed E-state index contributed by atoms with van der Waals surface area (Å²) in [7, 11) is 0. The molecule has 0 unspecified atom stereocenters. The van der Waals surface area contributed by atoms with Gasteiger partial charge in [0.25, 0.3) is 0 Å². The third-order valence-corrected chi connectivity index (χ3v) is 2.51. The molecule has 1 aromatic rings. The summed E-state index contributed by atoms with van der Waals surface area (Å²) < 4.78 is 25.9. The zero-order valence-electron chi connectivity index (χ0n) is 9.89. The quantitative estimate of drug-likeness (QED) is 0.762. The summed E-state index contributed by atoms with van der Waals surface area (Å²) in [5.41, 5.74) is 0.532. The van der Waals surface area contributed by atoms with E-state index in [2.05, 4.69) is 19.2 Å². The van der Waals surface area contributed by atoms with Gasteiger partial charge < -0.3 is 5.32 Å². The monoisotopic (exact) mass is 227 g/mol. The van der Waals surface area contributed by atoms with E-state index in [1.54, 1.807) is 0 Å². The van der Waals surface area contributed by atoms with Gasteiger partial charge in [-0.15, -0.1) is 0 Å². The van der Waals surface area contributed by atoms with E-state index in [1.807, 2.05) is 0 Å². The summed E-state index contributed by atoms with van der Waals surface area (Å²) >= 11 is 0. The number of hydrogen-bond donors (Lipinski definition) is 1. The van der Waals surface area contributed by atoms with Crippen LogP contribution in [-0.4, -0.2) is 6.04 Å². The van der Waals surface area contributed by atoms with Crippen LogP contribution in [0.1, 0.15) is 39.5 Å². The lowest BCUT2D eigenvalue weighted by molar-refractivity contribution is 0.573. The molecule has 0 saturated heterocycles. The van der Waals surface area contributed by atoms with Crippen LogP contribution in [0.5, 0.6) is 0 Å². The Labute approximate surface area is 95.9 Å². The van der Waals surface area contributed by atoms with Crippen LogP contribution >= 0.6 is 0 Å². The molecule has 1 nitrogen and oxygen atoms in total. The molecule has 1 rings (SSSR count). The lowest BCUT2D eigenvalue weighted by Gasteiger charge is -2.18. The number of halogens is 2. The summed E-state index contributed by atoms with van der Waals surface area (Å²) in [6.45, 7) is 4.22. The highest BCUT2D eigenvalue weighted by Gasteiger charge is 2.07. The van der Waals surface area contributed by atoms with Crippen LogP contribution in [0.25, 0.3) is 0 Å². The Balaban J connectivity index is 2.68. The molecule has 0 spiro atoms. The Kier molecular flexibility index (Phi) is 5.23. The van der Waals surface area contributed by atoms with Gasteiger partial charge in [0.2, 0.25) is 0 Å². The lowest BCUT2D eigenvalue weighted by atomic mass is 10.1. The molecule has 0 amide bonds. The van der Waals surface area contributed by atoms with Crippen molar-refractivity contribution in [3.8, 4) is 0 Å². The van der Waals surface area contributed by atoms with E-state index in [0.717, 1.165) is 31.7 Å². The molecule has 0 bridgehead atoms. The minimum absolute atomic E-state index is 0.302. The smallest absolute Gasteiger partial charge is 0.128 e. The number of benzene rings is 1. The topological polar surface area (TPSA) is 12.0 Å². The number of anilines is 1. The molecule has 0 aliphatic rings. The largest absolute Gasteiger partial charge is 0.382 e. The molecule has 1 N–H and O–H groups in total. The lowest BCUT2D eigenvalue weighted by Crippen LogP contribution is -2.19. The predicted octanol–water partition coefficient (Wildman–Crippen LogP) is 4.35. The minimum Gasteiger partial charge on any atom is -0.382 e. The summed E-state index contributed by atoms with van der Waals surface area (Å²) in [4.78, 5) is 0. The molecular weight excluding hydrogens is 208 g/mol. The van der Waals surface area contributed by atoms with Crippen LogP contribution in [0.15, 0.2) is 18.2 Å². The summed E-state index contributed by atoms with van der Waals surface area (Å²) in [5.74, 6) is -1.07. The summed E-state index contributed by atoms with van der Waals surface area (Å²) in [6, 6.07) is 3.86. The van der Waals surface area contributed by atoms with Crippen LogP contribution in [0, 0.1) is 11.6 Å². The Morgan fingerprint density at radius 2 is 1.50 bits per heavy atom. The van der Waals surface area contributed by atoms with E-state index < -0.39 is 11.6 Å². The fourth-order valence-corrected chi connectivity index (χ4v) is 1.86. The van der Waals surface area contributed by atoms with E-state index in [4.69, 9.17) is 0 Å². The molecule has 0 aliphatic heterocycles. The predicted molar refractivity (Wildman–Crippen MR) is 63.6 cm³/mol. The van der Waals surface area contributed by atoms with Gasteiger partial charge in [0.05, 0.1) is 0 Å². The van der Waals surface area contributed by atoms with Gasteiger partial charge >= 0.3 is 0 Å². The minimum atomic E-state index is -0.533. The summed E-state index contributed by atoms with van der Waals surface area (Å²) in [5, 5.41) is 3.18. The highest BCUT2D eigenvalue weighted by atomic mass is 19.1. The standard InChI is InChI=1S/C13H19F2N/c1-3-5-12(6-4-2)16-13-8-10(14)7-11(15)9-13/h7-9,12,16H,3-6H2,1-2H3. The summed E-state index contributed by atoms with van der Waals surface area (Å²) in [6.07, 6.45) is 4.17. The molecule has 90 valence electrons.